The van der Waals surface area contributed by atoms with Crippen molar-refractivity contribution in [1.29, 1.82) is 0 Å². The highest BCUT2D eigenvalue weighted by Gasteiger charge is 2.27. The summed E-state index contributed by atoms with van der Waals surface area (Å²) in [4.78, 5) is 30.6. The van der Waals surface area contributed by atoms with Crippen LogP contribution in [0.4, 0.5) is 10.8 Å². The van der Waals surface area contributed by atoms with Crippen molar-refractivity contribution in [2.75, 3.05) is 23.4 Å². The highest BCUT2D eigenvalue weighted by Crippen LogP contribution is 2.40. The number of ether oxygens (including phenoxy) is 1. The molecule has 6 nitrogen and oxygen atoms in total. The van der Waals surface area contributed by atoms with E-state index in [4.69, 9.17) is 4.74 Å². The van der Waals surface area contributed by atoms with Gasteiger partial charge in [0.05, 0.1) is 24.4 Å². The molecule has 2 aliphatic rings. The van der Waals surface area contributed by atoms with E-state index in [2.05, 4.69) is 10.3 Å². The van der Waals surface area contributed by atoms with E-state index in [0.29, 0.717) is 29.1 Å². The molecule has 0 bridgehead atoms. The van der Waals surface area contributed by atoms with Gasteiger partial charge >= 0.3 is 0 Å². The molecule has 2 amide bonds. The summed E-state index contributed by atoms with van der Waals surface area (Å²) in [5, 5.41) is 5.38. The fourth-order valence-corrected chi connectivity index (χ4v) is 3.51. The third-order valence-corrected chi connectivity index (χ3v) is 4.87. The first-order valence-corrected chi connectivity index (χ1v) is 8.86. The van der Waals surface area contributed by atoms with E-state index in [0.717, 1.165) is 5.69 Å². The Morgan fingerprint density at radius 2 is 2.21 bits per heavy atom. The molecule has 2 heterocycles. The molecule has 0 unspecified atom stereocenters. The van der Waals surface area contributed by atoms with E-state index in [-0.39, 0.29) is 24.8 Å². The summed E-state index contributed by atoms with van der Waals surface area (Å²) >= 11 is 1.43. The molecule has 1 aromatic heterocycles. The third-order valence-electron chi connectivity index (χ3n) is 4.10. The fraction of sp³-hybridized carbons (Fsp3) is 0.353. The number of hydrogen-bond acceptors (Lipinski definition) is 5. The summed E-state index contributed by atoms with van der Waals surface area (Å²) in [6.07, 6.45) is 2.61. The molecular formula is C17H17N3O3S. The van der Waals surface area contributed by atoms with Crippen molar-refractivity contribution < 1.29 is 14.3 Å². The molecule has 1 saturated carbocycles. The van der Waals surface area contributed by atoms with Crippen LogP contribution in [0.25, 0.3) is 0 Å². The summed E-state index contributed by atoms with van der Waals surface area (Å²) in [6.45, 7) is 0.280. The maximum atomic E-state index is 12.4. The van der Waals surface area contributed by atoms with Gasteiger partial charge in [-0.1, -0.05) is 12.1 Å². The van der Waals surface area contributed by atoms with Crippen LogP contribution in [0, 0.1) is 0 Å². The maximum absolute atomic E-state index is 12.4. The molecule has 24 heavy (non-hydrogen) atoms. The van der Waals surface area contributed by atoms with E-state index in [1.807, 2.05) is 23.6 Å². The molecule has 4 rings (SSSR count). The molecule has 124 valence electrons. The number of benzene rings is 1. The maximum Gasteiger partial charge on any atom is 0.246 e. The van der Waals surface area contributed by atoms with Crippen LogP contribution in [0.15, 0.2) is 29.6 Å². The molecule has 1 aliphatic heterocycles. The van der Waals surface area contributed by atoms with Gasteiger partial charge < -0.3 is 10.1 Å². The van der Waals surface area contributed by atoms with Crippen molar-refractivity contribution in [3.05, 3.63) is 35.3 Å². The second kappa shape index (κ2) is 6.24. The second-order valence-corrected chi connectivity index (χ2v) is 6.80. The van der Waals surface area contributed by atoms with Crippen LogP contribution in [0.1, 0.15) is 30.9 Å². The lowest BCUT2D eigenvalue weighted by Gasteiger charge is -2.20. The molecule has 1 N–H and O–H groups in total. The first-order chi connectivity index (χ1) is 11.7. The lowest BCUT2D eigenvalue weighted by Crippen LogP contribution is -2.37. The van der Waals surface area contributed by atoms with Gasteiger partial charge in [0, 0.05) is 11.3 Å². The van der Waals surface area contributed by atoms with Crippen LogP contribution in [0.3, 0.4) is 0 Å². The zero-order valence-electron chi connectivity index (χ0n) is 13.0. The van der Waals surface area contributed by atoms with Crippen molar-refractivity contribution in [3.8, 4) is 5.75 Å². The predicted molar refractivity (Wildman–Crippen MR) is 91.6 cm³/mol. The lowest BCUT2D eigenvalue weighted by atomic mass is 10.2. The van der Waals surface area contributed by atoms with Crippen LogP contribution >= 0.6 is 11.3 Å². The zero-order chi connectivity index (χ0) is 16.5. The fourth-order valence-electron chi connectivity index (χ4n) is 2.71. The molecule has 0 saturated heterocycles. The van der Waals surface area contributed by atoms with Crippen LogP contribution in [0.2, 0.25) is 0 Å². The number of para-hydroxylation sites is 2. The number of aromatic nitrogens is 1. The zero-order valence-corrected chi connectivity index (χ0v) is 13.8. The Hall–Kier alpha value is -2.41. The van der Waals surface area contributed by atoms with E-state index in [1.165, 1.54) is 29.1 Å². The highest BCUT2D eigenvalue weighted by atomic mass is 32.1. The average Bonchev–Trinajstić information content (AvgIpc) is 3.35. The highest BCUT2D eigenvalue weighted by molar-refractivity contribution is 7.13. The average molecular weight is 343 g/mol. The standard InChI is InChI=1S/C17H17N3O3S/c21-15(19-17-18-12(10-24-17)11-5-6-11)9-20-13-3-1-2-4-14(13)23-8-7-16(20)22/h1-4,10-11H,5-9H2,(H,18,19,21). The van der Waals surface area contributed by atoms with E-state index < -0.39 is 0 Å². The van der Waals surface area contributed by atoms with E-state index in [9.17, 15) is 9.59 Å². The molecule has 7 heteroatoms. The topological polar surface area (TPSA) is 71.5 Å². The molecule has 1 aromatic carbocycles. The number of nitrogens with one attached hydrogen (secondary N) is 1. The summed E-state index contributed by atoms with van der Waals surface area (Å²) in [5.74, 6) is 0.814. The molecule has 2 aromatic rings. The molecular weight excluding hydrogens is 326 g/mol. The Morgan fingerprint density at radius 3 is 3.04 bits per heavy atom. The Labute approximate surface area is 143 Å². The SMILES string of the molecule is O=C(CN1C(=O)CCOc2ccccc21)Nc1nc(C2CC2)cs1. The van der Waals surface area contributed by atoms with Crippen molar-refractivity contribution in [1.82, 2.24) is 4.98 Å². The van der Waals surface area contributed by atoms with Gasteiger partial charge in [-0.15, -0.1) is 11.3 Å². The Morgan fingerprint density at radius 1 is 1.38 bits per heavy atom. The Bertz CT molecular complexity index is 785. The number of thiazole rings is 1. The minimum Gasteiger partial charge on any atom is -0.491 e. The number of carbonyl (C=O) groups is 2. The number of nitrogens with zero attached hydrogens (tertiary/aromatic N) is 2. The third kappa shape index (κ3) is 3.12. The molecule has 1 fully saturated rings. The first-order valence-electron chi connectivity index (χ1n) is 7.98. The monoisotopic (exact) mass is 343 g/mol. The summed E-state index contributed by atoms with van der Waals surface area (Å²) in [7, 11) is 0. The largest absolute Gasteiger partial charge is 0.491 e. The van der Waals surface area contributed by atoms with Gasteiger partial charge in [0.15, 0.2) is 5.13 Å². The number of carbonyl (C=O) groups excluding carboxylic acids is 2. The number of rotatable bonds is 4. The van der Waals surface area contributed by atoms with Gasteiger partial charge in [0.2, 0.25) is 11.8 Å². The van der Waals surface area contributed by atoms with Crippen molar-refractivity contribution >= 4 is 34.0 Å². The van der Waals surface area contributed by atoms with Crippen molar-refractivity contribution in [3.63, 3.8) is 0 Å². The van der Waals surface area contributed by atoms with Gasteiger partial charge in [-0.25, -0.2) is 4.98 Å². The first kappa shape index (κ1) is 15.1. The van der Waals surface area contributed by atoms with Crippen molar-refractivity contribution in [2.24, 2.45) is 0 Å². The van der Waals surface area contributed by atoms with E-state index in [1.54, 1.807) is 6.07 Å². The van der Waals surface area contributed by atoms with E-state index >= 15 is 0 Å². The van der Waals surface area contributed by atoms with Gasteiger partial charge in [0.25, 0.3) is 0 Å². The number of hydrogen-bond donors (Lipinski definition) is 1. The summed E-state index contributed by atoms with van der Waals surface area (Å²) < 4.78 is 5.58. The molecule has 0 atom stereocenters. The number of anilines is 2. The molecule has 0 radical (unpaired) electrons. The minimum atomic E-state index is -0.253. The smallest absolute Gasteiger partial charge is 0.246 e. The van der Waals surface area contributed by atoms with Crippen LogP contribution in [0.5, 0.6) is 5.75 Å². The minimum absolute atomic E-state index is 0.0441. The molecule has 0 spiro atoms. The van der Waals surface area contributed by atoms with Gasteiger partial charge in [-0.05, 0) is 25.0 Å². The quantitative estimate of drug-likeness (QED) is 0.926. The molecule has 1 aliphatic carbocycles. The van der Waals surface area contributed by atoms with Gasteiger partial charge in [-0.3, -0.25) is 14.5 Å². The van der Waals surface area contributed by atoms with Gasteiger partial charge in [0.1, 0.15) is 12.3 Å². The number of amides is 2. The Balaban J connectivity index is 1.48. The normalized spacial score (nSPS) is 17.0. The Kier molecular flexibility index (Phi) is 3.93. The van der Waals surface area contributed by atoms with Gasteiger partial charge in [-0.2, -0.15) is 0 Å². The van der Waals surface area contributed by atoms with Crippen LogP contribution in [-0.2, 0) is 9.59 Å². The lowest BCUT2D eigenvalue weighted by molar-refractivity contribution is -0.121. The van der Waals surface area contributed by atoms with Crippen molar-refractivity contribution in [2.45, 2.75) is 25.2 Å². The summed E-state index contributed by atoms with van der Waals surface area (Å²) in [5.41, 5.74) is 1.69. The predicted octanol–water partition coefficient (Wildman–Crippen LogP) is 2.77. The van der Waals surface area contributed by atoms with Crippen LogP contribution < -0.4 is 15.0 Å². The van der Waals surface area contributed by atoms with Crippen LogP contribution in [-0.4, -0.2) is 29.9 Å². The number of fused-ring (bicyclic) bond motifs is 1. The summed E-state index contributed by atoms with van der Waals surface area (Å²) in [6, 6.07) is 7.28. The second-order valence-electron chi connectivity index (χ2n) is 5.95.